The van der Waals surface area contributed by atoms with Crippen LogP contribution in [0.2, 0.25) is 47.2 Å². The summed E-state index contributed by atoms with van der Waals surface area (Å²) in [6, 6.07) is 0. The topological polar surface area (TPSA) is 51.6 Å². The van der Waals surface area contributed by atoms with Gasteiger partial charge in [-0.15, -0.1) is 0 Å². The monoisotopic (exact) mass is 934 g/mol. The number of aromatic nitrogens is 4. The van der Waals surface area contributed by atoms with Crippen LogP contribution in [0.4, 0.5) is 0 Å². The molecule has 12 heteroatoms. The molecule has 4 nitrogen and oxygen atoms in total. The zero-order valence-corrected chi connectivity index (χ0v) is 39.1. The molecule has 0 N–H and O–H groups in total. The van der Waals surface area contributed by atoms with Crippen molar-refractivity contribution in [3.63, 3.8) is 0 Å². The fourth-order valence-electron chi connectivity index (χ4n) is 5.07. The maximum Gasteiger partial charge on any atom is 1.00 e. The normalized spacial score (nSPS) is 10.9. The molecular formula is C33H60Cl5LiN4Sn2. The van der Waals surface area contributed by atoms with E-state index < -0.39 is 35.6 Å². The third-order valence-corrected chi connectivity index (χ3v) is 38.6. The second-order valence-electron chi connectivity index (χ2n) is 11.5. The average molecular weight is 934 g/mol. The summed E-state index contributed by atoms with van der Waals surface area (Å²) in [6.07, 6.45) is 20.7. The fourth-order valence-corrected chi connectivity index (χ4v) is 34.1. The predicted octanol–water partition coefficient (Wildman–Crippen LogP) is 10.6. The van der Waals surface area contributed by atoms with Crippen LogP contribution in [0.5, 0.6) is 0 Å². The first-order valence-electron chi connectivity index (χ1n) is 16.6. The molecule has 2 heterocycles. The molecule has 0 aliphatic heterocycles. The molecule has 0 atom stereocenters. The van der Waals surface area contributed by atoms with Gasteiger partial charge in [0.15, 0.2) is 10.3 Å². The van der Waals surface area contributed by atoms with Gasteiger partial charge in [-0.1, -0.05) is 23.2 Å². The van der Waals surface area contributed by atoms with E-state index in [0.29, 0.717) is 10.3 Å². The molecule has 0 saturated heterocycles. The maximum atomic E-state index is 6.89. The molecule has 0 unspecified atom stereocenters. The number of unbranched alkanes of at least 4 members (excludes halogenated alkanes) is 6. The van der Waals surface area contributed by atoms with Gasteiger partial charge < -0.3 is 7.43 Å². The Labute approximate surface area is 321 Å². The van der Waals surface area contributed by atoms with Gasteiger partial charge in [-0.05, 0) is 0 Å². The van der Waals surface area contributed by atoms with Gasteiger partial charge in [0.25, 0.3) is 0 Å². The third-order valence-electron chi connectivity index (χ3n) is 7.81. The zero-order valence-electron chi connectivity index (χ0n) is 29.6. The van der Waals surface area contributed by atoms with Crippen molar-refractivity contribution in [2.45, 2.75) is 145 Å². The van der Waals surface area contributed by atoms with E-state index in [0.717, 1.165) is 0 Å². The summed E-state index contributed by atoms with van der Waals surface area (Å²) < 4.78 is 9.63. The van der Waals surface area contributed by atoms with Crippen LogP contribution in [0.3, 0.4) is 0 Å². The first-order valence-corrected chi connectivity index (χ1v) is 35.2. The first kappa shape index (κ1) is 51.2. The van der Waals surface area contributed by atoms with Crippen LogP contribution in [0.25, 0.3) is 0 Å². The van der Waals surface area contributed by atoms with Crippen LogP contribution in [-0.2, 0) is 0 Å². The molecule has 0 amide bonds. The van der Waals surface area contributed by atoms with Gasteiger partial charge in [-0.2, -0.15) is 0 Å². The molecule has 0 radical (unpaired) electrons. The zero-order chi connectivity index (χ0) is 32.6. The minimum absolute atomic E-state index is 0. The molecule has 0 aliphatic carbocycles. The average Bonchev–Trinajstić information content (AvgIpc) is 3.01. The molecule has 0 bridgehead atoms. The van der Waals surface area contributed by atoms with E-state index in [4.69, 9.17) is 55.3 Å². The van der Waals surface area contributed by atoms with E-state index in [1.54, 1.807) is 0 Å². The van der Waals surface area contributed by atoms with Crippen LogP contribution < -0.4 is 22.6 Å². The summed E-state index contributed by atoms with van der Waals surface area (Å²) in [4.78, 5) is 16.3. The Balaban J connectivity index is -0.000000634. The van der Waals surface area contributed by atoms with Crippen LogP contribution in [0.1, 0.15) is 119 Å². The first-order chi connectivity index (χ1) is 20.6. The van der Waals surface area contributed by atoms with Gasteiger partial charge in [0.1, 0.15) is 0 Å². The Morgan fingerprint density at radius 3 is 1.11 bits per heavy atom. The standard InChI is InChI=1S/C4H2Cl2N2.C4HCl2N2.6C4H9.CH3.ClH.Li.2Sn/c2*5-3-4(6)8-2-1-7-3;6*1-3-4-2;;;;;/h1-2H;1H;6*1,3-4H2,2H3;1H3;1H;;;/q;;;;;;;;-1;;+1;;+1/p-1. The van der Waals surface area contributed by atoms with Crippen molar-refractivity contribution < 1.29 is 18.9 Å². The third kappa shape index (κ3) is 23.0. The quantitative estimate of drug-likeness (QED) is 0.104. The largest absolute Gasteiger partial charge is 1.00 e. The van der Waals surface area contributed by atoms with Gasteiger partial charge >= 0.3 is 262 Å². The van der Waals surface area contributed by atoms with Crippen molar-refractivity contribution >= 4 is 94.7 Å². The summed E-state index contributed by atoms with van der Waals surface area (Å²) in [7, 11) is 6.89. The van der Waals surface area contributed by atoms with Crippen LogP contribution in [0, 0.1) is 7.43 Å². The molecule has 0 spiro atoms. The Hall–Kier alpha value is 1.80. The second-order valence-corrected chi connectivity index (χ2v) is 42.2. The molecule has 256 valence electrons. The smallest absolute Gasteiger partial charge is 0.358 e. The predicted molar refractivity (Wildman–Crippen MR) is 206 cm³/mol. The molecule has 0 aromatic carbocycles. The van der Waals surface area contributed by atoms with Gasteiger partial charge in [0.2, 0.25) is 0 Å². The minimum atomic E-state index is -2.49. The SMILES string of the molecule is CCC[CH2][Sn]([CH2]CCC)([CH2]CCC)[c]1cnc(Cl)c(Cl)n1.CCC[CH2][Sn]([Cl])([CH2]CCC)[CH2]CCC.Clc1nccnc1Cl.[CH3-].[Li+]. The van der Waals surface area contributed by atoms with E-state index in [1.165, 1.54) is 120 Å². The van der Waals surface area contributed by atoms with Crippen LogP contribution in [0.15, 0.2) is 18.6 Å². The summed E-state index contributed by atoms with van der Waals surface area (Å²) in [5.41, 5.74) is 0. The number of rotatable bonds is 19. The second kappa shape index (κ2) is 31.8. The molecule has 2 aromatic heterocycles. The molecule has 0 fully saturated rings. The molecule has 45 heavy (non-hydrogen) atoms. The molecule has 0 saturated carbocycles. The Kier molecular flexibility index (Phi) is 36.1. The van der Waals surface area contributed by atoms with Crippen molar-refractivity contribution in [1.29, 1.82) is 0 Å². The maximum absolute atomic E-state index is 6.89. The van der Waals surface area contributed by atoms with Crippen LogP contribution in [-0.4, -0.2) is 55.6 Å². The number of nitrogens with zero attached hydrogens (tertiary/aromatic N) is 4. The van der Waals surface area contributed by atoms with E-state index in [2.05, 4.69) is 61.5 Å². The van der Waals surface area contributed by atoms with E-state index >= 15 is 0 Å². The van der Waals surface area contributed by atoms with Gasteiger partial charge in [-0.3, -0.25) is 0 Å². The van der Waals surface area contributed by atoms with Crippen molar-refractivity contribution in [3.05, 3.63) is 46.6 Å². The van der Waals surface area contributed by atoms with E-state index in [9.17, 15) is 0 Å². The number of halogens is 5. The number of hydrogen-bond donors (Lipinski definition) is 0. The molecule has 0 aliphatic rings. The molecule has 2 aromatic rings. The summed E-state index contributed by atoms with van der Waals surface area (Å²) >= 11 is 18.3. The number of hydrogen-bond acceptors (Lipinski definition) is 4. The van der Waals surface area contributed by atoms with Gasteiger partial charge in [-0.25, -0.2) is 9.97 Å². The van der Waals surface area contributed by atoms with Gasteiger partial charge in [0.05, 0.1) is 0 Å². The van der Waals surface area contributed by atoms with Crippen molar-refractivity contribution in [3.8, 4) is 0 Å². The minimum Gasteiger partial charge on any atom is -0.358 e. The van der Waals surface area contributed by atoms with Gasteiger partial charge in [0, 0.05) is 12.4 Å². The summed E-state index contributed by atoms with van der Waals surface area (Å²) in [6.45, 7) is 13.7. The van der Waals surface area contributed by atoms with Crippen molar-refractivity contribution in [2.75, 3.05) is 0 Å². The Morgan fingerprint density at radius 1 is 0.511 bits per heavy atom. The fraction of sp³-hybridized carbons (Fsp3) is 0.727. The Morgan fingerprint density at radius 2 is 0.822 bits per heavy atom. The Bertz CT molecular complexity index is 914. The van der Waals surface area contributed by atoms with E-state index in [-0.39, 0.29) is 36.6 Å². The van der Waals surface area contributed by atoms with Crippen molar-refractivity contribution in [2.24, 2.45) is 0 Å². The summed E-state index contributed by atoms with van der Waals surface area (Å²) in [5.74, 6) is 0. The van der Waals surface area contributed by atoms with Crippen molar-refractivity contribution in [1.82, 2.24) is 19.9 Å². The summed E-state index contributed by atoms with van der Waals surface area (Å²) in [5, 5.41) is 1.21. The molecular weight excluding hydrogens is 874 g/mol. The van der Waals surface area contributed by atoms with Crippen LogP contribution >= 0.6 is 55.3 Å². The molecule has 2 rings (SSSR count). The van der Waals surface area contributed by atoms with E-state index in [1.807, 2.05) is 6.20 Å².